The number of nitrogens with zero attached hydrogens (tertiary/aromatic N) is 2. The summed E-state index contributed by atoms with van der Waals surface area (Å²) >= 11 is 0. The van der Waals surface area contributed by atoms with Crippen molar-refractivity contribution in [3.8, 4) is 0 Å². The predicted molar refractivity (Wildman–Crippen MR) is 67.0 cm³/mol. The van der Waals surface area contributed by atoms with Crippen molar-refractivity contribution in [1.29, 1.82) is 0 Å². The van der Waals surface area contributed by atoms with Gasteiger partial charge in [-0.25, -0.2) is 4.98 Å². The van der Waals surface area contributed by atoms with Gasteiger partial charge in [0.1, 0.15) is 5.82 Å². The summed E-state index contributed by atoms with van der Waals surface area (Å²) in [7, 11) is 0. The van der Waals surface area contributed by atoms with Crippen LogP contribution in [-0.2, 0) is 19.3 Å². The molecular formula is C14H17N3. The summed E-state index contributed by atoms with van der Waals surface area (Å²) < 4.78 is 0. The Morgan fingerprint density at radius 1 is 1.24 bits per heavy atom. The molecule has 0 bridgehead atoms. The van der Waals surface area contributed by atoms with Crippen LogP contribution in [0.3, 0.4) is 0 Å². The third-order valence-electron chi connectivity index (χ3n) is 3.45. The van der Waals surface area contributed by atoms with Gasteiger partial charge in [0.15, 0.2) is 5.82 Å². The second-order valence-electron chi connectivity index (χ2n) is 4.76. The monoisotopic (exact) mass is 227 g/mol. The Bertz CT molecular complexity index is 491. The molecule has 1 aliphatic rings. The Balaban J connectivity index is 1.79. The predicted octanol–water partition coefficient (Wildman–Crippen LogP) is 2.64. The van der Waals surface area contributed by atoms with Crippen molar-refractivity contribution in [2.45, 2.75) is 38.5 Å². The van der Waals surface area contributed by atoms with Gasteiger partial charge in [-0.2, -0.15) is 5.10 Å². The van der Waals surface area contributed by atoms with E-state index in [1.54, 1.807) is 0 Å². The number of hydrogen-bond donors (Lipinski definition) is 1. The van der Waals surface area contributed by atoms with Crippen molar-refractivity contribution in [2.75, 3.05) is 0 Å². The van der Waals surface area contributed by atoms with Gasteiger partial charge in [-0.3, -0.25) is 5.10 Å². The van der Waals surface area contributed by atoms with Gasteiger partial charge in [0, 0.05) is 12.3 Å². The van der Waals surface area contributed by atoms with Crippen LogP contribution >= 0.6 is 0 Å². The van der Waals surface area contributed by atoms with E-state index in [0.717, 1.165) is 37.3 Å². The fourth-order valence-corrected chi connectivity index (χ4v) is 2.58. The van der Waals surface area contributed by atoms with Crippen LogP contribution in [0.5, 0.6) is 0 Å². The number of rotatable bonds is 3. The fraction of sp³-hybridized carbons (Fsp3) is 0.429. The Morgan fingerprint density at radius 2 is 1.94 bits per heavy atom. The largest absolute Gasteiger partial charge is 0.263 e. The van der Waals surface area contributed by atoms with E-state index in [2.05, 4.69) is 46.4 Å². The summed E-state index contributed by atoms with van der Waals surface area (Å²) in [5.41, 5.74) is 2.92. The first-order chi connectivity index (χ1) is 8.36. The number of aromatic amines is 1. The van der Waals surface area contributed by atoms with Gasteiger partial charge >= 0.3 is 0 Å². The highest BCUT2D eigenvalue weighted by molar-refractivity contribution is 5.34. The van der Waals surface area contributed by atoms with Crippen LogP contribution in [0.2, 0.25) is 0 Å². The molecule has 3 rings (SSSR count). The maximum Gasteiger partial charge on any atom is 0.154 e. The molecule has 17 heavy (non-hydrogen) atoms. The first-order valence-corrected chi connectivity index (χ1v) is 6.34. The second-order valence-corrected chi connectivity index (χ2v) is 4.76. The van der Waals surface area contributed by atoms with E-state index in [1.807, 2.05) is 0 Å². The number of H-pyrrole nitrogens is 1. The van der Waals surface area contributed by atoms with E-state index < -0.39 is 0 Å². The average molecular weight is 227 g/mol. The molecule has 1 N–H and O–H groups in total. The van der Waals surface area contributed by atoms with Crippen LogP contribution < -0.4 is 0 Å². The molecule has 1 aliphatic carbocycles. The summed E-state index contributed by atoms with van der Waals surface area (Å²) in [5, 5.41) is 7.41. The Hall–Kier alpha value is -1.64. The van der Waals surface area contributed by atoms with Crippen molar-refractivity contribution in [3.05, 3.63) is 47.0 Å². The SMILES string of the molecule is CCCc1nc(C2Cc3ccccc3C2)n[nH]1. The van der Waals surface area contributed by atoms with Gasteiger partial charge in [-0.1, -0.05) is 31.2 Å². The van der Waals surface area contributed by atoms with Gasteiger partial charge in [0.25, 0.3) is 0 Å². The molecule has 0 fully saturated rings. The molecule has 1 aromatic heterocycles. The molecule has 3 nitrogen and oxygen atoms in total. The maximum absolute atomic E-state index is 4.60. The molecule has 0 saturated carbocycles. The van der Waals surface area contributed by atoms with Crippen molar-refractivity contribution < 1.29 is 0 Å². The molecule has 0 unspecified atom stereocenters. The lowest BCUT2D eigenvalue weighted by molar-refractivity contribution is 0.685. The third-order valence-corrected chi connectivity index (χ3v) is 3.45. The summed E-state index contributed by atoms with van der Waals surface area (Å²) in [5.74, 6) is 2.48. The van der Waals surface area contributed by atoms with Crippen LogP contribution in [0.4, 0.5) is 0 Å². The van der Waals surface area contributed by atoms with Crippen molar-refractivity contribution in [2.24, 2.45) is 0 Å². The van der Waals surface area contributed by atoms with Crippen LogP contribution in [0.15, 0.2) is 24.3 Å². The maximum atomic E-state index is 4.60. The molecule has 0 amide bonds. The van der Waals surface area contributed by atoms with E-state index in [1.165, 1.54) is 11.1 Å². The standard InChI is InChI=1S/C14H17N3/c1-2-5-13-15-14(17-16-13)12-8-10-6-3-4-7-11(10)9-12/h3-4,6-7,12H,2,5,8-9H2,1H3,(H,15,16,17). The van der Waals surface area contributed by atoms with Crippen LogP contribution in [0.25, 0.3) is 0 Å². The molecule has 88 valence electrons. The molecule has 3 heteroatoms. The highest BCUT2D eigenvalue weighted by Gasteiger charge is 2.25. The minimum atomic E-state index is 0.467. The summed E-state index contributed by atoms with van der Waals surface area (Å²) in [6, 6.07) is 8.66. The minimum Gasteiger partial charge on any atom is -0.263 e. The lowest BCUT2D eigenvalue weighted by atomic mass is 10.1. The first kappa shape index (κ1) is 10.5. The average Bonchev–Trinajstić information content (AvgIpc) is 2.94. The Labute approximate surface area is 101 Å². The lowest BCUT2D eigenvalue weighted by Gasteiger charge is -2.01. The normalized spacial score (nSPS) is 15.1. The van der Waals surface area contributed by atoms with Crippen molar-refractivity contribution in [1.82, 2.24) is 15.2 Å². The van der Waals surface area contributed by atoms with Crippen molar-refractivity contribution >= 4 is 0 Å². The van der Waals surface area contributed by atoms with Crippen molar-refractivity contribution in [3.63, 3.8) is 0 Å². The fourth-order valence-electron chi connectivity index (χ4n) is 2.58. The first-order valence-electron chi connectivity index (χ1n) is 6.34. The minimum absolute atomic E-state index is 0.467. The van der Waals surface area contributed by atoms with Crippen LogP contribution in [-0.4, -0.2) is 15.2 Å². The molecule has 0 saturated heterocycles. The van der Waals surface area contributed by atoms with E-state index in [9.17, 15) is 0 Å². The van der Waals surface area contributed by atoms with E-state index in [0.29, 0.717) is 5.92 Å². The van der Waals surface area contributed by atoms with E-state index in [-0.39, 0.29) is 0 Å². The number of hydrogen-bond acceptors (Lipinski definition) is 2. The van der Waals surface area contributed by atoms with Gasteiger partial charge in [-0.05, 0) is 30.4 Å². The smallest absolute Gasteiger partial charge is 0.154 e. The zero-order valence-electron chi connectivity index (χ0n) is 10.1. The second kappa shape index (κ2) is 4.32. The molecule has 0 atom stereocenters. The summed E-state index contributed by atoms with van der Waals surface area (Å²) in [4.78, 5) is 4.60. The Morgan fingerprint density at radius 3 is 2.59 bits per heavy atom. The number of fused-ring (bicyclic) bond motifs is 1. The van der Waals surface area contributed by atoms with Crippen LogP contribution in [0, 0.1) is 0 Å². The topological polar surface area (TPSA) is 41.6 Å². The Kier molecular flexibility index (Phi) is 2.67. The van der Waals surface area contributed by atoms with Gasteiger partial charge in [0.05, 0.1) is 0 Å². The van der Waals surface area contributed by atoms with Gasteiger partial charge < -0.3 is 0 Å². The van der Waals surface area contributed by atoms with Crippen LogP contribution in [0.1, 0.15) is 42.0 Å². The number of benzene rings is 1. The number of aromatic nitrogens is 3. The third kappa shape index (κ3) is 1.97. The van der Waals surface area contributed by atoms with E-state index >= 15 is 0 Å². The molecule has 0 aliphatic heterocycles. The number of aryl methyl sites for hydroxylation is 1. The zero-order valence-corrected chi connectivity index (χ0v) is 10.1. The summed E-state index contributed by atoms with van der Waals surface area (Å²) in [6.07, 6.45) is 4.27. The molecule has 1 aromatic carbocycles. The number of nitrogens with one attached hydrogen (secondary N) is 1. The van der Waals surface area contributed by atoms with Gasteiger partial charge in [0.2, 0.25) is 0 Å². The molecule has 0 spiro atoms. The summed E-state index contributed by atoms with van der Waals surface area (Å²) in [6.45, 7) is 2.16. The zero-order chi connectivity index (χ0) is 11.7. The molecule has 2 aromatic rings. The van der Waals surface area contributed by atoms with Gasteiger partial charge in [-0.15, -0.1) is 0 Å². The van der Waals surface area contributed by atoms with E-state index in [4.69, 9.17) is 0 Å². The quantitative estimate of drug-likeness (QED) is 0.875. The molecule has 1 heterocycles. The highest BCUT2D eigenvalue weighted by Crippen LogP contribution is 2.31. The molecule has 0 radical (unpaired) electrons. The lowest BCUT2D eigenvalue weighted by Crippen LogP contribution is -2.00. The highest BCUT2D eigenvalue weighted by atomic mass is 15.2. The molecular weight excluding hydrogens is 210 g/mol.